The molecule has 0 aromatic rings. The van der Waals surface area contributed by atoms with Crippen LogP contribution in [0.15, 0.2) is 0 Å². The first kappa shape index (κ1) is 11.4. The zero-order valence-electron chi connectivity index (χ0n) is 10.5. The minimum Gasteiger partial charge on any atom is -0.312 e. The molecule has 1 heterocycles. The van der Waals surface area contributed by atoms with Crippen LogP contribution in [-0.2, 0) is 0 Å². The average molecular weight is 210 g/mol. The average Bonchev–Trinajstić information content (AvgIpc) is 2.97. The predicted molar refractivity (Wildman–Crippen MR) is 65.0 cm³/mol. The second kappa shape index (κ2) is 4.84. The summed E-state index contributed by atoms with van der Waals surface area (Å²) >= 11 is 0. The van der Waals surface area contributed by atoms with Crippen LogP contribution in [0.2, 0.25) is 0 Å². The molecule has 0 aromatic carbocycles. The van der Waals surface area contributed by atoms with Gasteiger partial charge in [-0.15, -0.1) is 0 Å². The maximum atomic E-state index is 3.72. The Kier molecular flexibility index (Phi) is 3.68. The molecule has 1 aliphatic carbocycles. The maximum Gasteiger partial charge on any atom is 0.0198 e. The Balaban J connectivity index is 1.78. The Bertz CT molecular complexity index is 199. The number of hydrogen-bond donors (Lipinski definition) is 1. The van der Waals surface area contributed by atoms with Gasteiger partial charge in [-0.1, -0.05) is 20.8 Å². The fraction of sp³-hybridized carbons (Fsp3) is 1.00. The molecule has 2 atom stereocenters. The third kappa shape index (κ3) is 3.46. The second-order valence-corrected chi connectivity index (χ2v) is 6.02. The molecule has 0 radical (unpaired) electrons. The number of likely N-dealkylation sites (tertiary alicyclic amines) is 1. The largest absolute Gasteiger partial charge is 0.312 e. The number of nitrogens with one attached hydrogen (secondary N) is 1. The zero-order valence-corrected chi connectivity index (χ0v) is 10.5. The van der Waals surface area contributed by atoms with Gasteiger partial charge in [0.2, 0.25) is 0 Å². The third-order valence-corrected chi connectivity index (χ3v) is 3.57. The molecule has 0 spiro atoms. The Labute approximate surface area is 94.4 Å². The summed E-state index contributed by atoms with van der Waals surface area (Å²) in [5.41, 5.74) is 0. The van der Waals surface area contributed by atoms with E-state index in [1.165, 1.54) is 38.9 Å². The van der Waals surface area contributed by atoms with E-state index in [0.717, 1.165) is 23.9 Å². The SMILES string of the molecule is CC(C)CNC1CC(C)CN(C2CC2)C1. The van der Waals surface area contributed by atoms with Gasteiger partial charge in [-0.2, -0.15) is 0 Å². The summed E-state index contributed by atoms with van der Waals surface area (Å²) in [6.45, 7) is 10.8. The summed E-state index contributed by atoms with van der Waals surface area (Å²) in [6.07, 6.45) is 4.27. The van der Waals surface area contributed by atoms with Crippen molar-refractivity contribution in [3.8, 4) is 0 Å². The molecule has 2 fully saturated rings. The Morgan fingerprint density at radius 2 is 2.00 bits per heavy atom. The van der Waals surface area contributed by atoms with Crippen LogP contribution in [0.3, 0.4) is 0 Å². The summed E-state index contributed by atoms with van der Waals surface area (Å²) in [4.78, 5) is 2.71. The number of nitrogens with zero attached hydrogens (tertiary/aromatic N) is 1. The summed E-state index contributed by atoms with van der Waals surface area (Å²) in [5.74, 6) is 1.65. The van der Waals surface area contributed by atoms with Gasteiger partial charge in [-0.25, -0.2) is 0 Å². The van der Waals surface area contributed by atoms with Crippen molar-refractivity contribution in [1.82, 2.24) is 10.2 Å². The molecule has 0 bridgehead atoms. The van der Waals surface area contributed by atoms with Crippen molar-refractivity contribution in [2.24, 2.45) is 11.8 Å². The van der Waals surface area contributed by atoms with Gasteiger partial charge in [0.1, 0.15) is 0 Å². The normalized spacial score (nSPS) is 33.6. The van der Waals surface area contributed by atoms with Crippen LogP contribution in [0.5, 0.6) is 0 Å². The maximum absolute atomic E-state index is 3.72. The van der Waals surface area contributed by atoms with E-state index in [0.29, 0.717) is 0 Å². The smallest absolute Gasteiger partial charge is 0.0198 e. The highest BCUT2D eigenvalue weighted by Gasteiger charge is 2.34. The third-order valence-electron chi connectivity index (χ3n) is 3.57. The van der Waals surface area contributed by atoms with Crippen molar-refractivity contribution in [3.63, 3.8) is 0 Å². The molecule has 0 amide bonds. The van der Waals surface area contributed by atoms with Crippen molar-refractivity contribution in [2.45, 2.75) is 52.1 Å². The van der Waals surface area contributed by atoms with Crippen LogP contribution in [-0.4, -0.2) is 36.6 Å². The zero-order chi connectivity index (χ0) is 10.8. The minimum absolute atomic E-state index is 0.747. The van der Waals surface area contributed by atoms with E-state index in [-0.39, 0.29) is 0 Å². The van der Waals surface area contributed by atoms with Crippen molar-refractivity contribution in [2.75, 3.05) is 19.6 Å². The lowest BCUT2D eigenvalue weighted by atomic mass is 9.95. The van der Waals surface area contributed by atoms with Gasteiger partial charge in [0, 0.05) is 25.2 Å². The molecular formula is C13H26N2. The monoisotopic (exact) mass is 210 g/mol. The van der Waals surface area contributed by atoms with Crippen LogP contribution in [0.4, 0.5) is 0 Å². The first-order valence-electron chi connectivity index (χ1n) is 6.62. The Morgan fingerprint density at radius 1 is 1.27 bits per heavy atom. The summed E-state index contributed by atoms with van der Waals surface area (Å²) in [5, 5.41) is 3.72. The van der Waals surface area contributed by atoms with Crippen LogP contribution in [0.1, 0.15) is 40.0 Å². The predicted octanol–water partition coefficient (Wildman–Crippen LogP) is 2.10. The highest BCUT2D eigenvalue weighted by Crippen LogP contribution is 2.30. The highest BCUT2D eigenvalue weighted by atomic mass is 15.2. The fourth-order valence-electron chi connectivity index (χ4n) is 2.68. The molecule has 1 N–H and O–H groups in total. The molecule has 1 saturated carbocycles. The van der Waals surface area contributed by atoms with Gasteiger partial charge in [-0.05, 0) is 37.6 Å². The number of rotatable bonds is 4. The van der Waals surface area contributed by atoms with E-state index < -0.39 is 0 Å². The molecule has 88 valence electrons. The number of hydrogen-bond acceptors (Lipinski definition) is 2. The van der Waals surface area contributed by atoms with Gasteiger partial charge in [-0.3, -0.25) is 4.90 Å². The van der Waals surface area contributed by atoms with E-state index in [1.54, 1.807) is 0 Å². The molecule has 15 heavy (non-hydrogen) atoms. The van der Waals surface area contributed by atoms with E-state index in [1.807, 2.05) is 0 Å². The minimum atomic E-state index is 0.747. The molecule has 0 aromatic heterocycles. The van der Waals surface area contributed by atoms with Crippen molar-refractivity contribution in [1.29, 1.82) is 0 Å². The van der Waals surface area contributed by atoms with Crippen molar-refractivity contribution in [3.05, 3.63) is 0 Å². The molecule has 2 aliphatic rings. The van der Waals surface area contributed by atoms with Crippen molar-refractivity contribution >= 4 is 0 Å². The number of piperidine rings is 1. The van der Waals surface area contributed by atoms with Gasteiger partial charge >= 0.3 is 0 Å². The molecule has 2 heteroatoms. The standard InChI is InChI=1S/C13H26N2/c1-10(2)7-14-12-6-11(3)8-15(9-12)13-4-5-13/h10-14H,4-9H2,1-3H3. The lowest BCUT2D eigenvalue weighted by Gasteiger charge is -2.37. The first-order valence-corrected chi connectivity index (χ1v) is 6.62. The van der Waals surface area contributed by atoms with Crippen LogP contribution >= 0.6 is 0 Å². The van der Waals surface area contributed by atoms with E-state index in [2.05, 4.69) is 31.0 Å². The summed E-state index contributed by atoms with van der Waals surface area (Å²) < 4.78 is 0. The molecule has 2 unspecified atom stereocenters. The van der Waals surface area contributed by atoms with Gasteiger partial charge < -0.3 is 5.32 Å². The van der Waals surface area contributed by atoms with Crippen molar-refractivity contribution < 1.29 is 0 Å². The van der Waals surface area contributed by atoms with E-state index >= 15 is 0 Å². The summed E-state index contributed by atoms with van der Waals surface area (Å²) in [6, 6.07) is 1.69. The topological polar surface area (TPSA) is 15.3 Å². The Morgan fingerprint density at radius 3 is 2.60 bits per heavy atom. The lowest BCUT2D eigenvalue weighted by Crippen LogP contribution is -2.50. The second-order valence-electron chi connectivity index (χ2n) is 6.02. The van der Waals surface area contributed by atoms with E-state index in [9.17, 15) is 0 Å². The first-order chi connectivity index (χ1) is 7.15. The van der Waals surface area contributed by atoms with Gasteiger partial charge in [0.25, 0.3) is 0 Å². The molecular weight excluding hydrogens is 184 g/mol. The molecule has 1 aliphatic heterocycles. The van der Waals surface area contributed by atoms with Crippen LogP contribution < -0.4 is 5.32 Å². The molecule has 2 rings (SSSR count). The van der Waals surface area contributed by atoms with E-state index in [4.69, 9.17) is 0 Å². The van der Waals surface area contributed by atoms with Crippen LogP contribution in [0.25, 0.3) is 0 Å². The quantitative estimate of drug-likeness (QED) is 0.764. The molecule has 2 nitrogen and oxygen atoms in total. The summed E-state index contributed by atoms with van der Waals surface area (Å²) in [7, 11) is 0. The lowest BCUT2D eigenvalue weighted by molar-refractivity contribution is 0.140. The fourth-order valence-corrected chi connectivity index (χ4v) is 2.68. The van der Waals surface area contributed by atoms with Crippen LogP contribution in [0, 0.1) is 11.8 Å². The van der Waals surface area contributed by atoms with Gasteiger partial charge in [0.05, 0.1) is 0 Å². The highest BCUT2D eigenvalue weighted by molar-refractivity contribution is 4.91. The Hall–Kier alpha value is -0.0800. The molecule has 1 saturated heterocycles. The van der Waals surface area contributed by atoms with Gasteiger partial charge in [0.15, 0.2) is 0 Å².